The van der Waals surface area contributed by atoms with Crippen LogP contribution in [0.1, 0.15) is 82.7 Å². The zero-order chi connectivity index (χ0) is 69.3. The second-order valence-corrected chi connectivity index (χ2v) is 10.9. The predicted octanol–water partition coefficient (Wildman–Crippen LogP) is 11.7. The molecule has 0 fully saturated rings. The second kappa shape index (κ2) is 17.4. The number of nitrogens with zero attached hydrogens (tertiary/aromatic N) is 3. The summed E-state index contributed by atoms with van der Waals surface area (Å²) in [6.07, 6.45) is -29.7. The maximum atomic E-state index is 15.0. The van der Waals surface area contributed by atoms with Crippen molar-refractivity contribution in [1.82, 2.24) is 15.0 Å². The Morgan fingerprint density at radius 3 is 1.68 bits per heavy atom. The van der Waals surface area contributed by atoms with Gasteiger partial charge >= 0.3 is 20.1 Å². The fourth-order valence-electron chi connectivity index (χ4n) is 4.80. The van der Waals surface area contributed by atoms with Gasteiger partial charge in [0.25, 0.3) is 0 Å². The predicted molar refractivity (Wildman–Crippen MR) is 221 cm³/mol. The van der Waals surface area contributed by atoms with E-state index in [1.165, 1.54) is 0 Å². The Morgan fingerprint density at radius 2 is 1.07 bits per heavy atom. The number of halogens is 1. The molecule has 57 heavy (non-hydrogen) atoms. The van der Waals surface area contributed by atoms with Crippen LogP contribution < -0.4 is 0 Å². The molecule has 0 atom stereocenters. The van der Waals surface area contributed by atoms with E-state index in [1.807, 2.05) is 0 Å². The van der Waals surface area contributed by atoms with Gasteiger partial charge in [-0.3, -0.25) is 0 Å². The Labute approximate surface area is 396 Å². The Kier molecular flexibility index (Phi) is 4.39. The van der Waals surface area contributed by atoms with Crippen LogP contribution in [0.2, 0.25) is 0 Å². The summed E-state index contributed by atoms with van der Waals surface area (Å²) in [5.41, 5.74) is -16.1. The maximum absolute atomic E-state index is 15.0. The van der Waals surface area contributed by atoms with Gasteiger partial charge in [0.15, 0.2) is 0 Å². The SMILES string of the molecule is [2H]c1[c-]c(-c2nc([2H])c(C([2H])([2H])C([2H])([2H])c3cc(C([2H])([2H])C([2H])([2H])c4c([2H])nc(-c5[c-]c([2H])c([2H])c6c5oc5c([2H])c(F)c([2H])c([2H])c56)c([2H])c4[2H])c([2H])c(C([2H])([2H])C([2H])([2H])c4c([2H])nc(-c5[c-]c([2H])c([2H])c([2H])c5[2H])c([2H])c4[2H])c3[2H])c([2H])c2[2H])c([2H])c([2H])c1[2H].[Ir+3]. The molecule has 4 nitrogen and oxygen atoms in total. The van der Waals surface area contributed by atoms with Crippen LogP contribution >= 0.6 is 0 Å². The molecule has 0 amide bonds. The zero-order valence-corrected chi connectivity index (χ0v) is 30.4. The van der Waals surface area contributed by atoms with Gasteiger partial charge in [0.1, 0.15) is 11.4 Å². The smallest absolute Gasteiger partial charge is 0.500 e. The van der Waals surface area contributed by atoms with E-state index in [1.54, 1.807) is 0 Å². The minimum Gasteiger partial charge on any atom is -0.500 e. The molecule has 0 bridgehead atoms. The van der Waals surface area contributed by atoms with Crippen molar-refractivity contribution in [3.8, 4) is 33.8 Å². The number of pyridine rings is 3. The van der Waals surface area contributed by atoms with Gasteiger partial charge < -0.3 is 19.4 Å². The minimum absolute atomic E-state index is 0. The van der Waals surface area contributed by atoms with Gasteiger partial charge in [0, 0.05) is 53.3 Å². The van der Waals surface area contributed by atoms with Crippen molar-refractivity contribution < 1.29 is 78.3 Å². The number of rotatable bonds is 12. The number of hydrogen-bond donors (Lipinski definition) is 0. The first-order valence-corrected chi connectivity index (χ1v) is 15.8. The second-order valence-electron chi connectivity index (χ2n) is 10.9. The number of hydrogen-bond acceptors (Lipinski definition) is 4. The first-order chi connectivity index (χ1) is 42.1. The molecule has 9 aromatic rings. The van der Waals surface area contributed by atoms with Gasteiger partial charge in [-0.25, -0.2) is 4.39 Å². The fraction of sp³-hybridized carbons (Fsp3) is 0.118. The summed E-state index contributed by atoms with van der Waals surface area (Å²) in [4.78, 5) is 11.4. The number of aromatic nitrogens is 3. The molecule has 6 heteroatoms. The molecule has 0 aliphatic carbocycles. The molecule has 0 saturated carbocycles. The van der Waals surface area contributed by atoms with Crippen molar-refractivity contribution in [2.45, 2.75) is 38.2 Å². The van der Waals surface area contributed by atoms with Crippen LogP contribution in [0.5, 0.6) is 0 Å². The summed E-state index contributed by atoms with van der Waals surface area (Å²) in [6, 6.07) is -16.5. The van der Waals surface area contributed by atoms with Crippen molar-refractivity contribution >= 4 is 21.9 Å². The maximum Gasteiger partial charge on any atom is 3.00 e. The molecule has 0 spiro atoms. The molecule has 4 aromatic heterocycles. The van der Waals surface area contributed by atoms with Crippen LogP contribution in [0.3, 0.4) is 0 Å². The molecule has 0 unspecified atom stereocenters. The molecule has 0 aliphatic rings. The van der Waals surface area contributed by atoms with Crippen molar-refractivity contribution in [1.29, 1.82) is 0 Å². The molecule has 0 N–H and O–H groups in total. The monoisotopic (exact) mass is 955 g/mol. The van der Waals surface area contributed by atoms with Crippen LogP contribution in [0, 0.1) is 24.0 Å². The van der Waals surface area contributed by atoms with Crippen LogP contribution in [-0.2, 0) is 58.3 Å². The van der Waals surface area contributed by atoms with Crippen LogP contribution in [0.15, 0.2) is 156 Å². The summed E-state index contributed by atoms with van der Waals surface area (Å²) in [5, 5.41) is -1.07. The number of fused-ring (bicyclic) bond motifs is 3. The third-order valence-corrected chi connectivity index (χ3v) is 7.26. The van der Waals surface area contributed by atoms with E-state index in [2.05, 4.69) is 33.2 Å². The molecule has 0 aliphatic heterocycles. The molecule has 0 radical (unpaired) electrons. The first kappa shape index (κ1) is 14.4. The summed E-state index contributed by atoms with van der Waals surface area (Å²) in [6.45, 7) is 0. The van der Waals surface area contributed by atoms with Crippen LogP contribution in [0.4, 0.5) is 4.39 Å². The summed E-state index contributed by atoms with van der Waals surface area (Å²) in [5.74, 6) is -1.54. The van der Waals surface area contributed by atoms with Gasteiger partial charge in [0.05, 0.1) is 24.8 Å². The molecular weight excluding hydrogens is 882 g/mol. The topological polar surface area (TPSA) is 51.8 Å². The Hall–Kier alpha value is -6.07. The minimum atomic E-state index is -4.34. The molecule has 5 aromatic carbocycles. The standard InChI is InChI=1S/C51H37FN3O.Ir/c52-43-23-24-44-45-12-7-13-46(51(45)56-50(44)31-43)49-27-22-37(34-55-49)16-19-40-29-38(17-14-35-20-25-47(53-32-35)41-8-3-1-4-9-41)28-39(30-40)18-15-36-21-26-48(54-33-36)42-10-5-2-6-11-42;/h1-8,10,12,20-34H,14-19H2;/q-3;+3/i1D,2D,3D,4D,5D,6D,7D,8D,10D,12D,14D2,15D2,16D2,17D2,18D2,19D2,20D,21D,22D,23D,24D,25D,26D,27D,28D,29D,31D,32D,33D,34D;. The summed E-state index contributed by atoms with van der Waals surface area (Å²) < 4.78 is 339. The molecule has 9 rings (SSSR count). The van der Waals surface area contributed by atoms with Gasteiger partial charge in [-0.1, -0.05) is 65.4 Å². The van der Waals surface area contributed by atoms with Gasteiger partial charge in [0.2, 0.25) is 0 Å². The van der Waals surface area contributed by atoms with E-state index in [0.29, 0.717) is 0 Å². The zero-order valence-electron chi connectivity index (χ0n) is 64.0. The third-order valence-electron chi connectivity index (χ3n) is 7.26. The van der Waals surface area contributed by atoms with E-state index >= 15 is 0 Å². The van der Waals surface area contributed by atoms with E-state index in [-0.39, 0.29) is 26.2 Å². The first-order valence-electron chi connectivity index (χ1n) is 33.8. The van der Waals surface area contributed by atoms with Gasteiger partial charge in [-0.05, 0) is 108 Å². The van der Waals surface area contributed by atoms with E-state index in [4.69, 9.17) is 34.6 Å². The van der Waals surface area contributed by atoms with Crippen molar-refractivity contribution in [3.05, 3.63) is 209 Å². The average molecular weight is 955 g/mol. The average Bonchev–Trinajstić information content (AvgIpc) is 1.40. The number of aryl methyl sites for hydroxylation is 2. The van der Waals surface area contributed by atoms with Crippen molar-refractivity contribution in [2.75, 3.05) is 0 Å². The third kappa shape index (κ3) is 8.84. The summed E-state index contributed by atoms with van der Waals surface area (Å²) in [7, 11) is 0. The Bertz CT molecular complexity index is 4740. The Balaban J connectivity index is 0.0000111. The van der Waals surface area contributed by atoms with E-state index < -0.39 is 279 Å². The largest absolute Gasteiger partial charge is 3.00 e. The number of furan rings is 1. The van der Waals surface area contributed by atoms with Crippen LogP contribution in [-0.4, -0.2) is 15.0 Å². The Morgan fingerprint density at radius 1 is 0.526 bits per heavy atom. The quantitative estimate of drug-likeness (QED) is 0.115. The normalized spacial score (nSPS) is 21.7. The fourth-order valence-corrected chi connectivity index (χ4v) is 4.80. The molecular formula is C51H37FIrN3O. The van der Waals surface area contributed by atoms with Crippen LogP contribution in [0.25, 0.3) is 55.7 Å². The molecule has 278 valence electrons. The van der Waals surface area contributed by atoms with Gasteiger partial charge in [-0.15, -0.1) is 89.8 Å². The van der Waals surface area contributed by atoms with Crippen molar-refractivity contribution in [3.63, 3.8) is 0 Å². The van der Waals surface area contributed by atoms with Crippen molar-refractivity contribution in [2.24, 2.45) is 0 Å². The number of benzene rings is 5. The van der Waals surface area contributed by atoms with E-state index in [0.717, 1.165) is 0 Å². The molecule has 4 heterocycles. The summed E-state index contributed by atoms with van der Waals surface area (Å²) >= 11 is 0. The van der Waals surface area contributed by atoms with Gasteiger partial charge in [-0.2, -0.15) is 0 Å². The van der Waals surface area contributed by atoms with E-state index in [9.17, 15) is 23.6 Å². The molecule has 0 saturated heterocycles.